The summed E-state index contributed by atoms with van der Waals surface area (Å²) >= 11 is 36.5. The van der Waals surface area contributed by atoms with Gasteiger partial charge in [-0.15, -0.1) is 0 Å². The van der Waals surface area contributed by atoms with Gasteiger partial charge < -0.3 is 0 Å². The van der Waals surface area contributed by atoms with Gasteiger partial charge in [0.2, 0.25) is 0 Å². The van der Waals surface area contributed by atoms with Crippen LogP contribution >= 0.6 is 69.6 Å². The monoisotopic (exact) mass is 982 g/mol. The van der Waals surface area contributed by atoms with Gasteiger partial charge in [0.05, 0.1) is 0 Å². The van der Waals surface area contributed by atoms with Crippen molar-refractivity contribution < 1.29 is 21.3 Å². The number of alkyl halides is 6. The van der Waals surface area contributed by atoms with Crippen LogP contribution in [0.2, 0.25) is 0 Å². The van der Waals surface area contributed by atoms with Gasteiger partial charge in [0.15, 0.2) is 0 Å². The molecule has 2 aliphatic carbocycles. The SMILES string of the molecule is CC(C)(C)c1cc2c(cc1-c1ccccc1)Cc1c-2cc(C(C)(C)C)c(-c2ccccc2)[c]1[Zr]([C]1=CC=CC1)=[C](c1cccc(C(Cl)(Cl)Cl)c1)c1cccc(C(Cl)(Cl)Cl)c1. The van der Waals surface area contributed by atoms with E-state index in [1.165, 1.54) is 65.4 Å². The zero-order valence-electron chi connectivity index (χ0n) is 34.5. The summed E-state index contributed by atoms with van der Waals surface area (Å²) in [5.74, 6) is 0. The summed E-state index contributed by atoms with van der Waals surface area (Å²) < 4.78 is 0.909. The first-order chi connectivity index (χ1) is 28.3. The van der Waals surface area contributed by atoms with Crippen LogP contribution < -0.4 is 3.27 Å². The molecule has 0 N–H and O–H groups in total. The maximum atomic E-state index is 6.66. The molecule has 0 heterocycles. The molecular formula is C53H46Cl6Zr. The molecule has 0 aliphatic heterocycles. The van der Waals surface area contributed by atoms with Crippen molar-refractivity contribution in [1.82, 2.24) is 0 Å². The molecular weight excluding hydrogens is 941 g/mol. The van der Waals surface area contributed by atoms with Crippen LogP contribution in [0.5, 0.6) is 0 Å². The molecule has 7 heteroatoms. The van der Waals surface area contributed by atoms with Gasteiger partial charge in [0.25, 0.3) is 0 Å². The molecule has 0 spiro atoms. The van der Waals surface area contributed by atoms with E-state index in [-0.39, 0.29) is 10.8 Å². The average Bonchev–Trinajstić information content (AvgIpc) is 3.87. The third-order valence-electron chi connectivity index (χ3n) is 11.6. The van der Waals surface area contributed by atoms with Crippen molar-refractivity contribution in [3.63, 3.8) is 0 Å². The van der Waals surface area contributed by atoms with Crippen LogP contribution in [0.15, 0.2) is 149 Å². The zero-order chi connectivity index (χ0) is 42.8. The van der Waals surface area contributed by atoms with Crippen LogP contribution in [-0.2, 0) is 46.1 Å². The summed E-state index contributed by atoms with van der Waals surface area (Å²) in [4.78, 5) is 0. The summed E-state index contributed by atoms with van der Waals surface area (Å²) in [6, 6.07) is 45.5. The van der Waals surface area contributed by atoms with E-state index in [1.54, 1.807) is 0 Å². The Labute approximate surface area is 393 Å². The van der Waals surface area contributed by atoms with Gasteiger partial charge in [0.1, 0.15) is 0 Å². The molecule has 0 bridgehead atoms. The topological polar surface area (TPSA) is 0 Å². The van der Waals surface area contributed by atoms with Crippen molar-refractivity contribution in [1.29, 1.82) is 0 Å². The van der Waals surface area contributed by atoms with Gasteiger partial charge in [-0.3, -0.25) is 0 Å². The molecule has 0 amide bonds. The molecule has 60 heavy (non-hydrogen) atoms. The Hall–Kier alpha value is -2.71. The minimum absolute atomic E-state index is 0.0914. The van der Waals surface area contributed by atoms with Gasteiger partial charge in [0, 0.05) is 0 Å². The van der Waals surface area contributed by atoms with E-state index in [4.69, 9.17) is 69.6 Å². The Morgan fingerprint density at radius 3 is 1.57 bits per heavy atom. The van der Waals surface area contributed by atoms with Crippen molar-refractivity contribution in [3.05, 3.63) is 193 Å². The summed E-state index contributed by atoms with van der Waals surface area (Å²) in [6.07, 6.45) is 8.54. The molecule has 0 fully saturated rings. The molecule has 2 aliphatic rings. The molecule has 304 valence electrons. The number of hydrogen-bond acceptors (Lipinski definition) is 0. The molecule has 8 rings (SSSR count). The molecule has 0 radical (unpaired) electrons. The van der Waals surface area contributed by atoms with E-state index in [0.717, 1.165) is 24.0 Å². The van der Waals surface area contributed by atoms with Crippen LogP contribution in [0.3, 0.4) is 0 Å². The van der Waals surface area contributed by atoms with Crippen LogP contribution in [0.4, 0.5) is 0 Å². The minimum atomic E-state index is -3.44. The summed E-state index contributed by atoms with van der Waals surface area (Å²) in [5, 5.41) is 0. The molecule has 6 aromatic rings. The van der Waals surface area contributed by atoms with Crippen LogP contribution in [0.1, 0.15) is 92.5 Å². The van der Waals surface area contributed by atoms with Crippen molar-refractivity contribution in [2.45, 2.75) is 72.8 Å². The summed E-state index contributed by atoms with van der Waals surface area (Å²) in [6.45, 7) is 14.0. The second kappa shape index (κ2) is 16.8. The Morgan fingerprint density at radius 2 is 1.07 bits per heavy atom. The number of halogens is 6. The maximum absolute atomic E-state index is 6.66. The van der Waals surface area contributed by atoms with E-state index < -0.39 is 28.9 Å². The van der Waals surface area contributed by atoms with Gasteiger partial charge in [-0.1, -0.05) is 0 Å². The van der Waals surface area contributed by atoms with E-state index in [1.807, 2.05) is 24.3 Å². The first-order valence-corrected chi connectivity index (χ1v) is 26.2. The standard InChI is InChI=1S/C33H33.C15H8Cl6.C5H5.Zr/c1-32(2,3)30-20-26-24(18-28(30)22-13-9-7-10-14-22)17-25-19-29(23-15-11-8-12-16-23)31(21-27(25)26)33(4,5)6;16-14(17,18)12-5-1-3-10(8-12)7-11-4-2-6-13(9-11)15(19,20)21;1-2-4-5-3-1;/h7-16,18,20-21H,17H2,1-6H3;1-6,8-9H;1-3H,4H2;. The second-order valence-electron chi connectivity index (χ2n) is 17.9. The normalized spacial score (nSPS) is 13.9. The number of hydrogen-bond donors (Lipinski definition) is 0. The fourth-order valence-electron chi connectivity index (χ4n) is 8.86. The van der Waals surface area contributed by atoms with Crippen LogP contribution in [0, 0.1) is 0 Å². The van der Waals surface area contributed by atoms with Crippen LogP contribution in [-0.4, -0.2) is 3.21 Å². The number of allylic oxidation sites excluding steroid dienone is 4. The summed E-state index contributed by atoms with van der Waals surface area (Å²) in [5.41, 5.74) is 16.1. The van der Waals surface area contributed by atoms with Gasteiger partial charge >= 0.3 is 397 Å². The van der Waals surface area contributed by atoms with E-state index in [9.17, 15) is 0 Å². The third-order valence-corrected chi connectivity index (χ3v) is 20.7. The first-order valence-electron chi connectivity index (χ1n) is 20.3. The number of benzene rings is 6. The van der Waals surface area contributed by atoms with Crippen molar-refractivity contribution >= 4 is 76.1 Å². The third kappa shape index (κ3) is 8.77. The molecule has 0 saturated carbocycles. The first kappa shape index (κ1) is 43.9. The average molecular weight is 987 g/mol. The van der Waals surface area contributed by atoms with Gasteiger partial charge in [-0.2, -0.15) is 0 Å². The fraction of sp³-hybridized carbons (Fsp3) is 0.226. The second-order valence-corrected chi connectivity index (χ2v) is 28.3. The predicted octanol–water partition coefficient (Wildman–Crippen LogP) is 16.2. The Kier molecular flexibility index (Phi) is 12.3. The number of fused-ring (bicyclic) bond motifs is 3. The van der Waals surface area contributed by atoms with E-state index in [0.29, 0.717) is 11.1 Å². The predicted molar refractivity (Wildman–Crippen MR) is 259 cm³/mol. The Balaban J connectivity index is 1.58. The molecule has 0 saturated heterocycles. The van der Waals surface area contributed by atoms with E-state index >= 15 is 0 Å². The van der Waals surface area contributed by atoms with Crippen molar-refractivity contribution in [2.75, 3.05) is 0 Å². The van der Waals surface area contributed by atoms with E-state index in [2.05, 4.69) is 163 Å². The number of rotatable bonds is 6. The molecule has 0 unspecified atom stereocenters. The quantitative estimate of drug-likeness (QED) is 0.146. The molecule has 0 atom stereocenters. The van der Waals surface area contributed by atoms with Crippen LogP contribution in [0.25, 0.3) is 33.4 Å². The molecule has 0 aromatic heterocycles. The Morgan fingerprint density at radius 1 is 0.533 bits per heavy atom. The summed E-state index contributed by atoms with van der Waals surface area (Å²) in [7, 11) is 0. The Bertz CT molecular complexity index is 2660. The zero-order valence-corrected chi connectivity index (χ0v) is 41.5. The molecule has 0 nitrogen and oxygen atoms in total. The van der Waals surface area contributed by atoms with Gasteiger partial charge in [-0.05, 0) is 0 Å². The molecule has 6 aromatic carbocycles. The van der Waals surface area contributed by atoms with Crippen molar-refractivity contribution in [3.8, 4) is 33.4 Å². The van der Waals surface area contributed by atoms with Crippen molar-refractivity contribution in [2.24, 2.45) is 0 Å². The fourth-order valence-corrected chi connectivity index (χ4v) is 18.0. The van der Waals surface area contributed by atoms with Gasteiger partial charge in [-0.25, -0.2) is 0 Å².